The summed E-state index contributed by atoms with van der Waals surface area (Å²) in [6.45, 7) is 3.35. The lowest BCUT2D eigenvalue weighted by Gasteiger charge is -2.24. The summed E-state index contributed by atoms with van der Waals surface area (Å²) in [5.74, 6) is 0.999. The van der Waals surface area contributed by atoms with Crippen molar-refractivity contribution in [1.29, 1.82) is 0 Å². The van der Waals surface area contributed by atoms with E-state index in [1.807, 2.05) is 0 Å². The molecular formula is C14H13ClO3. The number of halogens is 1. The molecule has 1 aromatic rings. The highest BCUT2D eigenvalue weighted by molar-refractivity contribution is 6.30. The van der Waals surface area contributed by atoms with Crippen LogP contribution >= 0.6 is 11.6 Å². The van der Waals surface area contributed by atoms with Crippen LogP contribution in [0.5, 0.6) is 0 Å². The van der Waals surface area contributed by atoms with Gasteiger partial charge < -0.3 is 9.47 Å². The van der Waals surface area contributed by atoms with Crippen LogP contribution in [0.2, 0.25) is 5.02 Å². The summed E-state index contributed by atoms with van der Waals surface area (Å²) < 4.78 is 11.0. The molecule has 0 aliphatic carbocycles. The Labute approximate surface area is 111 Å². The van der Waals surface area contributed by atoms with Gasteiger partial charge in [-0.25, -0.2) is 4.79 Å². The van der Waals surface area contributed by atoms with Crippen molar-refractivity contribution in [3.63, 3.8) is 0 Å². The first-order valence-electron chi connectivity index (χ1n) is 5.53. The molecule has 3 nitrogen and oxygen atoms in total. The molecule has 1 unspecified atom stereocenters. The maximum atomic E-state index is 12.1. The molecule has 0 radical (unpaired) electrons. The third-order valence-electron chi connectivity index (χ3n) is 2.73. The van der Waals surface area contributed by atoms with Crippen LogP contribution in [0.3, 0.4) is 0 Å². The first-order chi connectivity index (χ1) is 8.39. The summed E-state index contributed by atoms with van der Waals surface area (Å²) in [6.07, 6.45) is 5.46. The van der Waals surface area contributed by atoms with Gasteiger partial charge in [-0.2, -0.15) is 0 Å². The predicted octanol–water partition coefficient (Wildman–Crippen LogP) is 2.87. The van der Waals surface area contributed by atoms with Gasteiger partial charge in [0.2, 0.25) is 11.4 Å². The van der Waals surface area contributed by atoms with E-state index in [-0.39, 0.29) is 6.42 Å². The largest absolute Gasteiger partial charge is 0.431 e. The van der Waals surface area contributed by atoms with E-state index in [0.29, 0.717) is 10.6 Å². The molecule has 1 aliphatic rings. The van der Waals surface area contributed by atoms with Gasteiger partial charge in [-0.05, 0) is 17.7 Å². The monoisotopic (exact) mass is 264 g/mol. The van der Waals surface area contributed by atoms with Crippen molar-refractivity contribution in [3.8, 4) is 12.3 Å². The van der Waals surface area contributed by atoms with E-state index in [2.05, 4.69) is 5.92 Å². The van der Waals surface area contributed by atoms with Gasteiger partial charge in [0.25, 0.3) is 0 Å². The van der Waals surface area contributed by atoms with Gasteiger partial charge in [0, 0.05) is 18.9 Å². The maximum absolute atomic E-state index is 12.1. The van der Waals surface area contributed by atoms with Gasteiger partial charge in [-0.15, -0.1) is 12.3 Å². The second-order valence-corrected chi connectivity index (χ2v) is 5.05. The Morgan fingerprint density at radius 1 is 1.44 bits per heavy atom. The van der Waals surface area contributed by atoms with Crippen LogP contribution in [0.1, 0.15) is 25.8 Å². The molecule has 0 saturated carbocycles. The van der Waals surface area contributed by atoms with Crippen molar-refractivity contribution in [2.24, 2.45) is 0 Å². The van der Waals surface area contributed by atoms with E-state index in [1.165, 1.54) is 0 Å². The molecule has 0 amide bonds. The van der Waals surface area contributed by atoms with Crippen LogP contribution in [0.15, 0.2) is 24.3 Å². The second kappa shape index (κ2) is 4.31. The molecule has 1 atom stereocenters. The highest BCUT2D eigenvalue weighted by Crippen LogP contribution is 2.42. The maximum Gasteiger partial charge on any atom is 0.346 e. The second-order valence-electron chi connectivity index (χ2n) is 4.61. The number of carbonyl (C=O) groups excluding carboxylic acids is 1. The molecule has 0 N–H and O–H groups in total. The fraction of sp³-hybridized carbons (Fsp3) is 0.357. The van der Waals surface area contributed by atoms with Gasteiger partial charge in [-0.1, -0.05) is 23.7 Å². The van der Waals surface area contributed by atoms with Crippen LogP contribution in [-0.2, 0) is 19.9 Å². The minimum atomic E-state index is -1.26. The smallest absolute Gasteiger partial charge is 0.346 e. The number of carbonyl (C=O) groups is 1. The zero-order chi connectivity index (χ0) is 13.4. The van der Waals surface area contributed by atoms with Crippen LogP contribution in [0.25, 0.3) is 0 Å². The predicted molar refractivity (Wildman–Crippen MR) is 67.8 cm³/mol. The first-order valence-corrected chi connectivity index (χ1v) is 5.90. The molecule has 18 heavy (non-hydrogen) atoms. The lowest BCUT2D eigenvalue weighted by molar-refractivity contribution is -0.167. The number of cyclic esters (lactones) is 1. The Kier molecular flexibility index (Phi) is 3.10. The Hall–Kier alpha value is -1.50. The van der Waals surface area contributed by atoms with E-state index in [9.17, 15) is 4.79 Å². The third kappa shape index (κ3) is 2.10. The summed E-state index contributed by atoms with van der Waals surface area (Å²) in [5, 5.41) is 0.519. The van der Waals surface area contributed by atoms with Gasteiger partial charge in [0.15, 0.2) is 0 Å². The SMILES string of the molecule is C#CCC1(c2cccc(Cl)c2)OC(C)(C)OC1=O. The molecule has 1 aromatic carbocycles. The first kappa shape index (κ1) is 12.9. The van der Waals surface area contributed by atoms with Gasteiger partial charge in [0.1, 0.15) is 0 Å². The normalized spacial score (nSPS) is 25.6. The topological polar surface area (TPSA) is 35.5 Å². The van der Waals surface area contributed by atoms with E-state index >= 15 is 0 Å². The average molecular weight is 265 g/mol. The minimum absolute atomic E-state index is 0.107. The van der Waals surface area contributed by atoms with Crippen molar-refractivity contribution >= 4 is 17.6 Å². The average Bonchev–Trinajstić information content (AvgIpc) is 2.50. The number of benzene rings is 1. The molecular weight excluding hydrogens is 252 g/mol. The van der Waals surface area contributed by atoms with Crippen LogP contribution in [-0.4, -0.2) is 11.8 Å². The lowest BCUT2D eigenvalue weighted by Crippen LogP contribution is -2.34. The molecule has 1 fully saturated rings. The number of esters is 1. The van der Waals surface area contributed by atoms with Gasteiger partial charge in [-0.3, -0.25) is 0 Å². The molecule has 0 spiro atoms. The molecule has 1 saturated heterocycles. The summed E-state index contributed by atoms with van der Waals surface area (Å²) in [4.78, 5) is 12.1. The number of hydrogen-bond donors (Lipinski definition) is 0. The van der Waals surface area contributed by atoms with E-state index in [0.717, 1.165) is 0 Å². The zero-order valence-corrected chi connectivity index (χ0v) is 11.0. The molecule has 94 valence electrons. The highest BCUT2D eigenvalue weighted by atomic mass is 35.5. The van der Waals surface area contributed by atoms with Crippen LogP contribution < -0.4 is 0 Å². The fourth-order valence-electron chi connectivity index (χ4n) is 2.06. The Balaban J connectivity index is 2.53. The zero-order valence-electron chi connectivity index (χ0n) is 10.2. The molecule has 0 bridgehead atoms. The van der Waals surface area contributed by atoms with E-state index in [4.69, 9.17) is 27.5 Å². The molecule has 2 rings (SSSR count). The van der Waals surface area contributed by atoms with Crippen molar-refractivity contribution in [2.45, 2.75) is 31.7 Å². The fourth-order valence-corrected chi connectivity index (χ4v) is 2.25. The highest BCUT2D eigenvalue weighted by Gasteiger charge is 2.54. The quantitative estimate of drug-likeness (QED) is 0.609. The van der Waals surface area contributed by atoms with Gasteiger partial charge >= 0.3 is 5.97 Å². The minimum Gasteiger partial charge on any atom is -0.431 e. The van der Waals surface area contributed by atoms with Crippen molar-refractivity contribution in [2.75, 3.05) is 0 Å². The molecule has 1 heterocycles. The van der Waals surface area contributed by atoms with E-state index in [1.54, 1.807) is 38.1 Å². The van der Waals surface area contributed by atoms with Crippen molar-refractivity contribution in [3.05, 3.63) is 34.9 Å². The van der Waals surface area contributed by atoms with E-state index < -0.39 is 17.4 Å². The van der Waals surface area contributed by atoms with Crippen molar-refractivity contribution in [1.82, 2.24) is 0 Å². The molecule has 0 aromatic heterocycles. The summed E-state index contributed by atoms with van der Waals surface area (Å²) >= 11 is 5.94. The Morgan fingerprint density at radius 2 is 2.17 bits per heavy atom. The lowest BCUT2D eigenvalue weighted by atomic mass is 9.91. The molecule has 1 aliphatic heterocycles. The van der Waals surface area contributed by atoms with Crippen LogP contribution in [0, 0.1) is 12.3 Å². The van der Waals surface area contributed by atoms with Gasteiger partial charge in [0.05, 0.1) is 6.42 Å². The number of rotatable bonds is 2. The number of ether oxygens (including phenoxy) is 2. The van der Waals surface area contributed by atoms with Crippen LogP contribution in [0.4, 0.5) is 0 Å². The number of hydrogen-bond acceptors (Lipinski definition) is 3. The molecule has 4 heteroatoms. The number of terminal acetylenes is 1. The Bertz CT molecular complexity index is 530. The Morgan fingerprint density at radius 3 is 2.67 bits per heavy atom. The standard InChI is InChI=1S/C14H13ClO3/c1-4-8-14(10-6-5-7-11(15)9-10)12(16)17-13(2,3)18-14/h1,5-7,9H,8H2,2-3H3. The summed E-state index contributed by atoms with van der Waals surface area (Å²) in [6, 6.07) is 6.89. The third-order valence-corrected chi connectivity index (χ3v) is 2.97. The van der Waals surface area contributed by atoms with Crippen molar-refractivity contribution < 1.29 is 14.3 Å². The summed E-state index contributed by atoms with van der Waals surface area (Å²) in [5.41, 5.74) is -0.646. The summed E-state index contributed by atoms with van der Waals surface area (Å²) in [7, 11) is 0.